The van der Waals surface area contributed by atoms with Gasteiger partial charge in [0.05, 0.1) is 0 Å². The Hall–Kier alpha value is -1.57. The molecule has 0 radical (unpaired) electrons. The maximum absolute atomic E-state index is 11.1. The molecule has 0 saturated heterocycles. The minimum absolute atomic E-state index is 0.408. The van der Waals surface area contributed by atoms with E-state index in [1.165, 1.54) is 102 Å². The standard InChI is InChI=1S/C25H40O2/c1-3-5-6-7-8-9-10-11-12-13-14-15-16-17-18-23-19-21-24(22-20-23)27-25(26)4-2/h4,19-22H,2-3,5-18H2,1H3. The molecular formula is C25H40O2. The zero-order valence-electron chi connectivity index (χ0n) is 17.5. The third-order valence-electron chi connectivity index (χ3n) is 5.13. The van der Waals surface area contributed by atoms with E-state index in [-0.39, 0.29) is 0 Å². The van der Waals surface area contributed by atoms with Crippen molar-refractivity contribution >= 4 is 5.97 Å². The largest absolute Gasteiger partial charge is 0.423 e. The number of unbranched alkanes of at least 4 members (excludes halogenated alkanes) is 13. The molecule has 27 heavy (non-hydrogen) atoms. The van der Waals surface area contributed by atoms with Gasteiger partial charge in [0, 0.05) is 6.08 Å². The van der Waals surface area contributed by atoms with Crippen molar-refractivity contribution in [3.05, 3.63) is 42.5 Å². The maximum Gasteiger partial charge on any atom is 0.335 e. The van der Waals surface area contributed by atoms with Crippen molar-refractivity contribution in [2.24, 2.45) is 0 Å². The molecule has 1 rings (SSSR count). The Balaban J connectivity index is 1.90. The number of benzene rings is 1. The first-order valence-corrected chi connectivity index (χ1v) is 11.2. The fraction of sp³-hybridized carbons (Fsp3) is 0.640. The zero-order chi connectivity index (χ0) is 19.6. The summed E-state index contributed by atoms with van der Waals surface area (Å²) in [5.41, 5.74) is 1.31. The first-order valence-electron chi connectivity index (χ1n) is 11.2. The van der Waals surface area contributed by atoms with Gasteiger partial charge in [-0.05, 0) is 30.5 Å². The van der Waals surface area contributed by atoms with Crippen LogP contribution in [0.2, 0.25) is 0 Å². The summed E-state index contributed by atoms with van der Waals surface area (Å²) >= 11 is 0. The minimum Gasteiger partial charge on any atom is -0.423 e. The fourth-order valence-corrected chi connectivity index (χ4v) is 3.41. The predicted octanol–water partition coefficient (Wildman–Crippen LogP) is 7.80. The second kappa shape index (κ2) is 16.6. The summed E-state index contributed by atoms with van der Waals surface area (Å²) < 4.78 is 5.09. The Labute approximate surface area is 167 Å². The SMILES string of the molecule is C=CC(=O)Oc1ccc(CCCCCCCCCCCCCCCC)cc1. The third kappa shape index (κ3) is 13.3. The Morgan fingerprint density at radius 3 is 1.67 bits per heavy atom. The number of esters is 1. The van der Waals surface area contributed by atoms with E-state index in [0.717, 1.165) is 6.42 Å². The summed E-state index contributed by atoms with van der Waals surface area (Å²) in [5.74, 6) is 0.180. The summed E-state index contributed by atoms with van der Waals surface area (Å²) in [7, 11) is 0. The van der Waals surface area contributed by atoms with Gasteiger partial charge in [-0.25, -0.2) is 4.79 Å². The van der Waals surface area contributed by atoms with Gasteiger partial charge in [-0.15, -0.1) is 0 Å². The van der Waals surface area contributed by atoms with E-state index < -0.39 is 5.97 Å². The molecule has 1 aromatic carbocycles. The molecule has 0 heterocycles. The molecule has 0 amide bonds. The average Bonchev–Trinajstić information content (AvgIpc) is 2.69. The highest BCUT2D eigenvalue weighted by molar-refractivity contribution is 5.83. The molecule has 0 unspecified atom stereocenters. The second-order valence-electron chi connectivity index (χ2n) is 7.62. The van der Waals surface area contributed by atoms with Crippen molar-refractivity contribution in [1.29, 1.82) is 0 Å². The van der Waals surface area contributed by atoms with Crippen LogP contribution in [0.1, 0.15) is 102 Å². The van der Waals surface area contributed by atoms with Crippen LogP contribution in [0.5, 0.6) is 5.75 Å². The van der Waals surface area contributed by atoms with Crippen LogP contribution in [-0.2, 0) is 11.2 Å². The smallest absolute Gasteiger partial charge is 0.335 e. The first-order chi connectivity index (χ1) is 13.3. The number of carbonyl (C=O) groups excluding carboxylic acids is 1. The third-order valence-corrected chi connectivity index (χ3v) is 5.13. The normalized spacial score (nSPS) is 10.7. The van der Waals surface area contributed by atoms with Crippen molar-refractivity contribution in [3.63, 3.8) is 0 Å². The second-order valence-corrected chi connectivity index (χ2v) is 7.62. The number of aryl methyl sites for hydroxylation is 1. The summed E-state index contributed by atoms with van der Waals surface area (Å²) in [4.78, 5) is 11.1. The molecular weight excluding hydrogens is 332 g/mol. The molecule has 0 spiro atoms. The molecule has 0 aliphatic carbocycles. The Kier molecular flexibility index (Phi) is 14.4. The van der Waals surface area contributed by atoms with Gasteiger partial charge in [0.15, 0.2) is 0 Å². The summed E-state index contributed by atoms with van der Waals surface area (Å²) in [6.07, 6.45) is 21.8. The van der Waals surface area contributed by atoms with Gasteiger partial charge in [-0.1, -0.05) is 109 Å². The van der Waals surface area contributed by atoms with Crippen LogP contribution in [-0.4, -0.2) is 5.97 Å². The van der Waals surface area contributed by atoms with Crippen molar-refractivity contribution in [3.8, 4) is 5.75 Å². The van der Waals surface area contributed by atoms with Crippen LogP contribution in [0.15, 0.2) is 36.9 Å². The summed E-state index contributed by atoms with van der Waals surface area (Å²) in [6.45, 7) is 5.68. The Morgan fingerprint density at radius 2 is 1.22 bits per heavy atom. The van der Waals surface area contributed by atoms with Gasteiger partial charge in [0.25, 0.3) is 0 Å². The molecule has 0 fully saturated rings. The Morgan fingerprint density at radius 1 is 0.778 bits per heavy atom. The highest BCUT2D eigenvalue weighted by Crippen LogP contribution is 2.16. The lowest BCUT2D eigenvalue weighted by Crippen LogP contribution is -2.02. The first kappa shape index (κ1) is 23.5. The Bertz CT molecular complexity index is 490. The number of rotatable bonds is 17. The lowest BCUT2D eigenvalue weighted by Gasteiger charge is -2.05. The molecule has 2 heteroatoms. The van der Waals surface area contributed by atoms with E-state index in [2.05, 4.69) is 13.5 Å². The van der Waals surface area contributed by atoms with Gasteiger partial charge >= 0.3 is 5.97 Å². The van der Waals surface area contributed by atoms with Crippen LogP contribution in [0.25, 0.3) is 0 Å². The van der Waals surface area contributed by atoms with E-state index in [1.807, 2.05) is 24.3 Å². The molecule has 0 N–H and O–H groups in total. The van der Waals surface area contributed by atoms with E-state index in [0.29, 0.717) is 5.75 Å². The lowest BCUT2D eigenvalue weighted by molar-refractivity contribution is -0.128. The van der Waals surface area contributed by atoms with Gasteiger partial charge in [-0.2, -0.15) is 0 Å². The molecule has 152 valence electrons. The topological polar surface area (TPSA) is 26.3 Å². The number of carbonyl (C=O) groups is 1. The van der Waals surface area contributed by atoms with Crippen LogP contribution >= 0.6 is 0 Å². The van der Waals surface area contributed by atoms with Gasteiger partial charge in [-0.3, -0.25) is 0 Å². The summed E-state index contributed by atoms with van der Waals surface area (Å²) in [6, 6.07) is 7.82. The molecule has 0 bridgehead atoms. The van der Waals surface area contributed by atoms with Crippen molar-refractivity contribution in [1.82, 2.24) is 0 Å². The van der Waals surface area contributed by atoms with Gasteiger partial charge in [0.2, 0.25) is 0 Å². The molecule has 0 aliphatic heterocycles. The van der Waals surface area contributed by atoms with E-state index >= 15 is 0 Å². The highest BCUT2D eigenvalue weighted by atomic mass is 16.5. The van der Waals surface area contributed by atoms with Crippen LogP contribution in [0.3, 0.4) is 0 Å². The van der Waals surface area contributed by atoms with Crippen LogP contribution in [0.4, 0.5) is 0 Å². The average molecular weight is 373 g/mol. The quantitative estimate of drug-likeness (QED) is 0.121. The highest BCUT2D eigenvalue weighted by Gasteiger charge is 2.00. The van der Waals surface area contributed by atoms with Gasteiger partial charge < -0.3 is 4.74 Å². The van der Waals surface area contributed by atoms with Crippen molar-refractivity contribution in [2.75, 3.05) is 0 Å². The van der Waals surface area contributed by atoms with Crippen LogP contribution < -0.4 is 4.74 Å². The molecule has 1 aromatic rings. The number of hydrogen-bond donors (Lipinski definition) is 0. The van der Waals surface area contributed by atoms with Crippen LogP contribution in [0, 0.1) is 0 Å². The predicted molar refractivity (Wildman–Crippen MR) is 116 cm³/mol. The van der Waals surface area contributed by atoms with E-state index in [1.54, 1.807) is 0 Å². The molecule has 0 saturated carbocycles. The van der Waals surface area contributed by atoms with Gasteiger partial charge in [0.1, 0.15) is 5.75 Å². The zero-order valence-corrected chi connectivity index (χ0v) is 17.5. The lowest BCUT2D eigenvalue weighted by atomic mass is 10.0. The molecule has 0 aliphatic rings. The fourth-order valence-electron chi connectivity index (χ4n) is 3.41. The van der Waals surface area contributed by atoms with Crippen molar-refractivity contribution < 1.29 is 9.53 Å². The van der Waals surface area contributed by atoms with E-state index in [4.69, 9.17) is 4.74 Å². The molecule has 2 nitrogen and oxygen atoms in total. The summed E-state index contributed by atoms with van der Waals surface area (Å²) in [5, 5.41) is 0. The number of hydrogen-bond acceptors (Lipinski definition) is 2. The minimum atomic E-state index is -0.408. The molecule has 0 aromatic heterocycles. The maximum atomic E-state index is 11.1. The van der Waals surface area contributed by atoms with E-state index in [9.17, 15) is 4.79 Å². The van der Waals surface area contributed by atoms with Crippen molar-refractivity contribution in [2.45, 2.75) is 103 Å². The monoisotopic (exact) mass is 372 g/mol. The molecule has 0 atom stereocenters. The number of ether oxygens (including phenoxy) is 1.